The minimum absolute atomic E-state index is 0.00169. The summed E-state index contributed by atoms with van der Waals surface area (Å²) in [5.41, 5.74) is 0.900. The maximum absolute atomic E-state index is 12.4. The number of nitrogens with one attached hydrogen (secondary N) is 1. The molecule has 1 heterocycles. The minimum atomic E-state index is -0.0598. The second kappa shape index (κ2) is 8.60. The Morgan fingerprint density at radius 2 is 1.88 bits per heavy atom. The molecule has 0 atom stereocenters. The summed E-state index contributed by atoms with van der Waals surface area (Å²) in [4.78, 5) is 27.7. The Kier molecular flexibility index (Phi) is 6.50. The summed E-state index contributed by atoms with van der Waals surface area (Å²) in [5, 5.41) is 2.97. The molecule has 0 bridgehead atoms. The third kappa shape index (κ3) is 4.78. The molecule has 7 heteroatoms. The average molecular weight is 349 g/mol. The normalized spacial score (nSPS) is 14.8. The Hall–Kier alpha value is -2.44. The lowest BCUT2D eigenvalue weighted by Gasteiger charge is -2.33. The van der Waals surface area contributed by atoms with E-state index in [1.54, 1.807) is 44.2 Å². The molecule has 3 amide bonds. The summed E-state index contributed by atoms with van der Waals surface area (Å²) in [6, 6.07) is 5.53. The van der Waals surface area contributed by atoms with Crippen molar-refractivity contribution in [1.29, 1.82) is 0 Å². The smallest absolute Gasteiger partial charge is 0.319 e. The van der Waals surface area contributed by atoms with Crippen molar-refractivity contribution < 1.29 is 19.1 Å². The zero-order valence-electron chi connectivity index (χ0n) is 15.4. The highest BCUT2D eigenvalue weighted by molar-refractivity contribution is 5.79. The van der Waals surface area contributed by atoms with Crippen LogP contribution in [-0.4, -0.2) is 63.1 Å². The van der Waals surface area contributed by atoms with Crippen LogP contribution in [0.4, 0.5) is 4.79 Å². The molecule has 1 aliphatic rings. The molecule has 0 aromatic heterocycles. The number of amides is 3. The fraction of sp³-hybridized carbons (Fsp3) is 0.556. The Morgan fingerprint density at radius 1 is 1.20 bits per heavy atom. The average Bonchev–Trinajstić information content (AvgIpc) is 2.65. The van der Waals surface area contributed by atoms with Gasteiger partial charge in [-0.15, -0.1) is 0 Å². The third-order valence-corrected chi connectivity index (χ3v) is 4.47. The van der Waals surface area contributed by atoms with Gasteiger partial charge < -0.3 is 24.6 Å². The first-order chi connectivity index (χ1) is 12.0. The van der Waals surface area contributed by atoms with Gasteiger partial charge in [-0.1, -0.05) is 0 Å². The van der Waals surface area contributed by atoms with Crippen LogP contribution in [0.15, 0.2) is 18.2 Å². The number of nitrogens with zero attached hydrogens (tertiary/aromatic N) is 2. The summed E-state index contributed by atoms with van der Waals surface area (Å²) >= 11 is 0. The summed E-state index contributed by atoms with van der Waals surface area (Å²) in [6.07, 6.45) is 1.37. The van der Waals surface area contributed by atoms with Crippen LogP contribution < -0.4 is 14.8 Å². The highest BCUT2D eigenvalue weighted by Gasteiger charge is 2.27. The van der Waals surface area contributed by atoms with E-state index in [-0.39, 0.29) is 17.9 Å². The zero-order chi connectivity index (χ0) is 18.4. The number of carbonyl (C=O) groups excluding carboxylic acids is 2. The van der Waals surface area contributed by atoms with Crippen molar-refractivity contribution in [3.63, 3.8) is 0 Å². The molecule has 1 N–H and O–H groups in total. The highest BCUT2D eigenvalue weighted by Crippen LogP contribution is 2.25. The molecule has 2 rings (SSSR count). The maximum Gasteiger partial charge on any atom is 0.319 e. The third-order valence-electron chi connectivity index (χ3n) is 4.47. The molecule has 0 saturated carbocycles. The number of ether oxygens (including phenoxy) is 2. The number of hydrogen-bond acceptors (Lipinski definition) is 4. The fourth-order valence-electron chi connectivity index (χ4n) is 2.94. The van der Waals surface area contributed by atoms with Gasteiger partial charge in [0.25, 0.3) is 0 Å². The number of urea groups is 1. The van der Waals surface area contributed by atoms with E-state index >= 15 is 0 Å². The number of hydrogen-bond donors (Lipinski definition) is 1. The van der Waals surface area contributed by atoms with Gasteiger partial charge in [0.2, 0.25) is 5.91 Å². The molecule has 25 heavy (non-hydrogen) atoms. The van der Waals surface area contributed by atoms with Gasteiger partial charge >= 0.3 is 6.03 Å². The van der Waals surface area contributed by atoms with Crippen LogP contribution in [0.5, 0.6) is 11.5 Å². The van der Waals surface area contributed by atoms with Crippen molar-refractivity contribution >= 4 is 11.9 Å². The van der Waals surface area contributed by atoms with E-state index in [0.29, 0.717) is 44.0 Å². The van der Waals surface area contributed by atoms with E-state index in [4.69, 9.17) is 9.47 Å². The highest BCUT2D eigenvalue weighted by atomic mass is 16.5. The van der Waals surface area contributed by atoms with Crippen LogP contribution in [-0.2, 0) is 11.3 Å². The van der Waals surface area contributed by atoms with Gasteiger partial charge in [-0.2, -0.15) is 0 Å². The molecular formula is C18H27N3O4. The van der Waals surface area contributed by atoms with E-state index in [9.17, 15) is 9.59 Å². The number of likely N-dealkylation sites (tertiary alicyclic amines) is 1. The molecule has 0 radical (unpaired) electrons. The first kappa shape index (κ1) is 18.9. The quantitative estimate of drug-likeness (QED) is 0.879. The molecule has 138 valence electrons. The molecule has 0 spiro atoms. The van der Waals surface area contributed by atoms with Crippen molar-refractivity contribution in [2.45, 2.75) is 19.4 Å². The molecule has 0 unspecified atom stereocenters. The SMILES string of the molecule is COc1ccc(CNC(=O)C2CCN(C(=O)N(C)C)CC2)c(OC)c1. The van der Waals surface area contributed by atoms with E-state index in [1.807, 2.05) is 12.1 Å². The lowest BCUT2D eigenvalue weighted by Crippen LogP contribution is -2.46. The minimum Gasteiger partial charge on any atom is -0.497 e. The topological polar surface area (TPSA) is 71.1 Å². The van der Waals surface area contributed by atoms with E-state index < -0.39 is 0 Å². The number of piperidine rings is 1. The van der Waals surface area contributed by atoms with Crippen molar-refractivity contribution in [2.24, 2.45) is 5.92 Å². The monoisotopic (exact) mass is 349 g/mol. The van der Waals surface area contributed by atoms with Crippen LogP contribution in [0.2, 0.25) is 0 Å². The predicted molar refractivity (Wildman–Crippen MR) is 94.8 cm³/mol. The molecule has 1 aromatic rings. The van der Waals surface area contributed by atoms with Crippen molar-refractivity contribution in [2.75, 3.05) is 41.4 Å². The van der Waals surface area contributed by atoms with Crippen LogP contribution >= 0.6 is 0 Å². The first-order valence-corrected chi connectivity index (χ1v) is 8.41. The van der Waals surface area contributed by atoms with Gasteiger partial charge in [-0.05, 0) is 25.0 Å². The molecular weight excluding hydrogens is 322 g/mol. The van der Waals surface area contributed by atoms with E-state index in [0.717, 1.165) is 5.56 Å². The molecule has 0 aliphatic carbocycles. The van der Waals surface area contributed by atoms with Gasteiger partial charge in [0.05, 0.1) is 14.2 Å². The van der Waals surface area contributed by atoms with E-state index in [1.165, 1.54) is 0 Å². The van der Waals surface area contributed by atoms with Crippen LogP contribution in [0.3, 0.4) is 0 Å². The second-order valence-electron chi connectivity index (χ2n) is 6.33. The Labute approximate surface area is 148 Å². The zero-order valence-corrected chi connectivity index (χ0v) is 15.4. The van der Waals surface area contributed by atoms with Crippen LogP contribution in [0, 0.1) is 5.92 Å². The predicted octanol–water partition coefficient (Wildman–Crippen LogP) is 1.71. The maximum atomic E-state index is 12.4. The van der Waals surface area contributed by atoms with Crippen molar-refractivity contribution in [3.05, 3.63) is 23.8 Å². The Bertz CT molecular complexity index is 610. The van der Waals surface area contributed by atoms with Gasteiger partial charge in [0.15, 0.2) is 0 Å². The summed E-state index contributed by atoms with van der Waals surface area (Å²) in [7, 11) is 6.67. The Morgan fingerprint density at radius 3 is 2.44 bits per heavy atom. The second-order valence-corrected chi connectivity index (χ2v) is 6.33. The number of benzene rings is 1. The number of methoxy groups -OCH3 is 2. The molecule has 1 saturated heterocycles. The van der Waals surface area contributed by atoms with Crippen LogP contribution in [0.1, 0.15) is 18.4 Å². The number of carbonyl (C=O) groups is 2. The van der Waals surface area contributed by atoms with Gasteiger partial charge in [0.1, 0.15) is 11.5 Å². The largest absolute Gasteiger partial charge is 0.497 e. The van der Waals surface area contributed by atoms with E-state index in [2.05, 4.69) is 5.32 Å². The molecule has 1 aliphatic heterocycles. The van der Waals surface area contributed by atoms with Crippen molar-refractivity contribution in [3.8, 4) is 11.5 Å². The summed E-state index contributed by atoms with van der Waals surface area (Å²) in [5.74, 6) is 1.36. The Balaban J connectivity index is 1.86. The van der Waals surface area contributed by atoms with Gasteiger partial charge in [0, 0.05) is 51.3 Å². The van der Waals surface area contributed by atoms with Gasteiger partial charge in [-0.25, -0.2) is 4.79 Å². The molecule has 1 fully saturated rings. The standard InChI is InChI=1S/C18H27N3O4/c1-20(2)18(23)21-9-7-13(8-10-21)17(22)19-12-14-5-6-15(24-3)11-16(14)25-4/h5-6,11,13H,7-10,12H2,1-4H3,(H,19,22). The molecule has 7 nitrogen and oxygen atoms in total. The van der Waals surface area contributed by atoms with Crippen molar-refractivity contribution in [1.82, 2.24) is 15.1 Å². The molecule has 1 aromatic carbocycles. The van der Waals surface area contributed by atoms with Crippen LogP contribution in [0.25, 0.3) is 0 Å². The first-order valence-electron chi connectivity index (χ1n) is 8.41. The fourth-order valence-corrected chi connectivity index (χ4v) is 2.94. The summed E-state index contributed by atoms with van der Waals surface area (Å²) in [6.45, 7) is 1.63. The lowest BCUT2D eigenvalue weighted by atomic mass is 9.96. The number of rotatable bonds is 5. The lowest BCUT2D eigenvalue weighted by molar-refractivity contribution is -0.126. The van der Waals surface area contributed by atoms with Gasteiger partial charge in [-0.3, -0.25) is 4.79 Å². The summed E-state index contributed by atoms with van der Waals surface area (Å²) < 4.78 is 10.5.